The van der Waals surface area contributed by atoms with Gasteiger partial charge in [-0.1, -0.05) is 0 Å². The normalized spacial score (nSPS) is 16.5. The van der Waals surface area contributed by atoms with Crippen molar-refractivity contribution < 1.29 is 93.0 Å². The van der Waals surface area contributed by atoms with Crippen molar-refractivity contribution in [2.24, 2.45) is 0 Å². The molecule has 0 radical (unpaired) electrons. The summed E-state index contributed by atoms with van der Waals surface area (Å²) in [5, 5.41) is 0. The van der Waals surface area contributed by atoms with E-state index in [0.29, 0.717) is 18.6 Å². The van der Waals surface area contributed by atoms with E-state index in [1.807, 2.05) is 0 Å². The van der Waals surface area contributed by atoms with Crippen LogP contribution in [0, 0.1) is 50.0 Å². The number of rotatable bonds is 9. The van der Waals surface area contributed by atoms with Crippen molar-refractivity contribution in [2.75, 3.05) is 23.0 Å². The van der Waals surface area contributed by atoms with Crippen molar-refractivity contribution >= 4 is 17.7 Å². The molecular formula is C30H26F9N5O3Ra. The zero-order chi connectivity index (χ0) is 35.4. The van der Waals surface area contributed by atoms with E-state index in [9.17, 15) is 44.3 Å². The fraction of sp³-hybridized carbons (Fsp3) is 0.400. The van der Waals surface area contributed by atoms with Crippen LogP contribution in [-0.2, 0) is 25.6 Å². The van der Waals surface area contributed by atoms with Crippen LogP contribution in [0.4, 0.5) is 55.9 Å². The number of fused-ring (bicyclic) bond motifs is 1. The van der Waals surface area contributed by atoms with Crippen molar-refractivity contribution in [3.05, 3.63) is 88.0 Å². The summed E-state index contributed by atoms with van der Waals surface area (Å²) < 4.78 is 135. The molecule has 0 aliphatic carbocycles. The molecular weight excluding hydrogens is 875 g/mol. The molecule has 1 aromatic heterocycles. The number of nitrogens with zero attached hydrogens (tertiary/aromatic N) is 5. The van der Waals surface area contributed by atoms with Crippen LogP contribution in [0.25, 0.3) is 4.85 Å². The van der Waals surface area contributed by atoms with Gasteiger partial charge in [0.25, 0.3) is 0 Å². The Morgan fingerprint density at radius 2 is 1.58 bits per heavy atom. The molecule has 2 aromatic carbocycles. The Morgan fingerprint density at radius 3 is 2.10 bits per heavy atom. The van der Waals surface area contributed by atoms with E-state index in [4.69, 9.17) is 11.9 Å². The van der Waals surface area contributed by atoms with Crippen molar-refractivity contribution in [1.29, 1.82) is 0 Å². The van der Waals surface area contributed by atoms with E-state index in [-0.39, 0.29) is 55.0 Å². The first kappa shape index (κ1) is 37.5. The Morgan fingerprint density at radius 1 is 0.979 bits per heavy atom. The fourth-order valence-electron chi connectivity index (χ4n) is 5.39. The summed E-state index contributed by atoms with van der Waals surface area (Å²) in [7, 11) is 0. The number of carbonyl (C=O) groups is 1. The number of aromatic nitrogens is 2. The van der Waals surface area contributed by atoms with Gasteiger partial charge >= 0.3 is 243 Å². The average Bonchev–Trinajstić information content (AvgIpc) is 3.03. The molecule has 0 bridgehead atoms. The fourth-order valence-corrected chi connectivity index (χ4v) is 6.20. The molecule has 0 saturated carbocycles. The summed E-state index contributed by atoms with van der Waals surface area (Å²) in [5.41, 5.74) is -4.74. The summed E-state index contributed by atoms with van der Waals surface area (Å²) in [5.74, 6) is -0.0952. The van der Waals surface area contributed by atoms with Gasteiger partial charge in [0.15, 0.2) is 0 Å². The Kier molecular flexibility index (Phi) is 11.8. The van der Waals surface area contributed by atoms with Crippen LogP contribution in [0.3, 0.4) is 0 Å². The monoisotopic (exact) mass is 901 g/mol. The zero-order valence-electron chi connectivity index (χ0n) is 25.4. The second kappa shape index (κ2) is 15.1. The number of carbonyl (C=O) groups excluding carboxylic acids is 1. The quantitative estimate of drug-likeness (QED) is 0.122. The van der Waals surface area contributed by atoms with Crippen LogP contribution in [0.15, 0.2) is 48.8 Å². The topological polar surface area (TPSA) is 72.2 Å². The molecule has 0 spiro atoms. The molecule has 254 valence electrons. The number of anilines is 2. The third-order valence-electron chi connectivity index (χ3n) is 7.61. The summed E-state index contributed by atoms with van der Waals surface area (Å²) in [6.45, 7) is 8.18. The number of halogens is 9. The first-order valence-corrected chi connectivity index (χ1v) is 17.7. The molecule has 1 aliphatic heterocycles. The van der Waals surface area contributed by atoms with Crippen molar-refractivity contribution in [2.45, 2.75) is 63.3 Å². The zero-order valence-corrected chi connectivity index (χ0v) is 33.6. The number of hydrogen-bond donors (Lipinski definition) is 0. The SMILES string of the molecule is [C-]#[N+]CCCOc1cnc(N(Cc2cc(C(F)(F)F)cc(C(F)(F)F)c2)[C@H]2C[C@@H](CC)N(C(=O)[O][RaH])c3ccc(C(F)(F)F)cc32)nc1. The summed E-state index contributed by atoms with van der Waals surface area (Å²) in [6, 6.07) is 1.85. The van der Waals surface area contributed by atoms with Gasteiger partial charge in [0.1, 0.15) is 0 Å². The van der Waals surface area contributed by atoms with Crippen LogP contribution in [-0.4, -0.2) is 35.3 Å². The van der Waals surface area contributed by atoms with Crippen molar-refractivity contribution in [1.82, 2.24) is 9.97 Å². The Hall–Kier alpha value is -3.28. The summed E-state index contributed by atoms with van der Waals surface area (Å²) >= 11 is -0.765. The van der Waals surface area contributed by atoms with Gasteiger partial charge in [0, 0.05) is 0 Å². The second-order valence-corrected chi connectivity index (χ2v) is 12.4. The van der Waals surface area contributed by atoms with Crippen LogP contribution < -0.4 is 14.5 Å². The molecule has 0 unspecified atom stereocenters. The molecule has 2 atom stereocenters. The van der Waals surface area contributed by atoms with Gasteiger partial charge in [0.05, 0.1) is 13.0 Å². The molecule has 0 saturated heterocycles. The van der Waals surface area contributed by atoms with Gasteiger partial charge in [-0.05, 0) is 0 Å². The minimum atomic E-state index is -5.15. The maximum atomic E-state index is 13.9. The molecule has 1 amide bonds. The first-order valence-electron chi connectivity index (χ1n) is 14.4. The van der Waals surface area contributed by atoms with E-state index < -0.39 is 109 Å². The Bertz CT molecular complexity index is 1610. The van der Waals surface area contributed by atoms with Gasteiger partial charge in [-0.15, -0.1) is 0 Å². The molecule has 8 nitrogen and oxygen atoms in total. The molecule has 0 fully saturated rings. The van der Waals surface area contributed by atoms with Gasteiger partial charge in [-0.3, -0.25) is 0 Å². The van der Waals surface area contributed by atoms with Gasteiger partial charge in [0.2, 0.25) is 6.54 Å². The molecule has 48 heavy (non-hydrogen) atoms. The number of amides is 1. The Labute approximate surface area is 299 Å². The summed E-state index contributed by atoms with van der Waals surface area (Å²) in [4.78, 5) is 27.0. The minimum absolute atomic E-state index is 0.0250. The summed E-state index contributed by atoms with van der Waals surface area (Å²) in [6.07, 6.45) is -13.0. The molecule has 2 heterocycles. The van der Waals surface area contributed by atoms with Crippen LogP contribution in [0.5, 0.6) is 5.75 Å². The van der Waals surface area contributed by atoms with E-state index in [1.54, 1.807) is 6.92 Å². The molecule has 18 heteroatoms. The number of ether oxygens (including phenoxy) is 1. The van der Waals surface area contributed by atoms with Crippen LogP contribution >= 0.6 is 0 Å². The molecule has 3 aromatic rings. The molecule has 4 rings (SSSR count). The van der Waals surface area contributed by atoms with Gasteiger partial charge in [-0.2, -0.15) is 26.3 Å². The van der Waals surface area contributed by atoms with E-state index >= 15 is 0 Å². The average molecular weight is 902 g/mol. The van der Waals surface area contributed by atoms with E-state index in [2.05, 4.69) is 14.8 Å². The van der Waals surface area contributed by atoms with Crippen LogP contribution in [0.1, 0.15) is 60.0 Å². The third kappa shape index (κ3) is 8.84. The van der Waals surface area contributed by atoms with E-state index in [1.165, 1.54) is 22.2 Å². The number of hydrogen-bond acceptors (Lipinski definition) is 6. The predicted molar refractivity (Wildman–Crippen MR) is 149 cm³/mol. The van der Waals surface area contributed by atoms with Crippen molar-refractivity contribution in [3.8, 4) is 5.75 Å². The van der Waals surface area contributed by atoms with Gasteiger partial charge in [-0.25, -0.2) is 6.57 Å². The second-order valence-electron chi connectivity index (χ2n) is 10.8. The number of alkyl halides is 9. The van der Waals surface area contributed by atoms with Crippen molar-refractivity contribution in [3.63, 3.8) is 0 Å². The third-order valence-corrected chi connectivity index (χ3v) is 9.04. The first-order chi connectivity index (χ1) is 22.5. The molecule has 0 N–H and O–H groups in total. The van der Waals surface area contributed by atoms with Gasteiger partial charge < -0.3 is 4.85 Å². The standard InChI is InChI=1S/C30H26F9N5O3.Ra.H/c1-3-21-13-25(23-12-18(28(31,32)33)5-6-24(23)44(21)27(45)46)43(26-41-14-22(15-42-26)47-8-4-7-40-2)16-17-9-19(29(34,35)36)11-20(10-17)30(37,38)39;;/h5-6,9-12,14-15,21,25H,3-4,7-8,13,16H2,1H3,(H,45,46);;/q;+1;/p-1/t21-,25+;;/m1../s1. The number of benzene rings is 2. The molecule has 1 aliphatic rings. The van der Waals surface area contributed by atoms with Crippen LogP contribution in [0.2, 0.25) is 0 Å². The maximum absolute atomic E-state index is 13.9. The Balaban J connectivity index is 1.91. The predicted octanol–water partition coefficient (Wildman–Crippen LogP) is 8.29. The van der Waals surface area contributed by atoms with E-state index in [0.717, 1.165) is 18.2 Å².